The lowest BCUT2D eigenvalue weighted by molar-refractivity contribution is -0.141. The average Bonchev–Trinajstić information content (AvgIpc) is 3.81. The van der Waals surface area contributed by atoms with Gasteiger partial charge in [0.05, 0.1) is 60.2 Å². The van der Waals surface area contributed by atoms with Gasteiger partial charge in [0.15, 0.2) is 34.5 Å². The molecule has 2 heterocycles. The summed E-state index contributed by atoms with van der Waals surface area (Å²) in [6.45, 7) is -0.689. The Kier molecular flexibility index (Phi) is 9.78. The van der Waals surface area contributed by atoms with Crippen molar-refractivity contribution in [3.8, 4) is 40.2 Å². The van der Waals surface area contributed by atoms with Gasteiger partial charge in [0, 0.05) is 28.5 Å². The van der Waals surface area contributed by atoms with Crippen molar-refractivity contribution in [2.24, 2.45) is 11.8 Å². The van der Waals surface area contributed by atoms with Crippen molar-refractivity contribution in [3.63, 3.8) is 0 Å². The van der Waals surface area contributed by atoms with Gasteiger partial charge in [-0.15, -0.1) is 0 Å². The molecule has 1 fully saturated rings. The lowest BCUT2D eigenvalue weighted by Gasteiger charge is -2.39. The number of carbonyl (C=O) groups excluding carboxylic acids is 2. The number of benzene rings is 4. The third-order valence-corrected chi connectivity index (χ3v) is 10.1. The Balaban J connectivity index is 1.38. The molecule has 0 radical (unpaired) electrons. The molecule has 4 N–H and O–H groups in total. The van der Waals surface area contributed by atoms with Crippen LogP contribution in [0.5, 0.6) is 40.2 Å². The largest absolute Gasteiger partial charge is 0.508 e. The number of phenolic OH excluding ortho intramolecular Hbond substituents is 1. The summed E-state index contributed by atoms with van der Waals surface area (Å²) in [6, 6.07) is 16.1. The second-order valence-electron chi connectivity index (χ2n) is 12.8. The summed E-state index contributed by atoms with van der Waals surface area (Å²) in [4.78, 5) is 28.5. The number of fused-ring (bicyclic) bond motifs is 3. The van der Waals surface area contributed by atoms with E-state index in [1.807, 2.05) is 12.1 Å². The maximum Gasteiger partial charge on any atom is 0.310 e. The van der Waals surface area contributed by atoms with Gasteiger partial charge in [-0.25, -0.2) is 0 Å². The van der Waals surface area contributed by atoms with Crippen molar-refractivity contribution in [2.75, 3.05) is 41.8 Å². The minimum absolute atomic E-state index is 0.00580. The highest BCUT2D eigenvalue weighted by molar-refractivity contribution is 6.24. The molecule has 0 spiro atoms. The highest BCUT2D eigenvalue weighted by atomic mass is 16.7. The van der Waals surface area contributed by atoms with Crippen LogP contribution in [0.4, 0.5) is 0 Å². The van der Waals surface area contributed by atoms with Crippen molar-refractivity contribution < 1.29 is 58.1 Å². The Hall–Kier alpha value is -5.92. The summed E-state index contributed by atoms with van der Waals surface area (Å²) in [5.74, 6) is -0.341. The minimum Gasteiger partial charge on any atom is -0.508 e. The first kappa shape index (κ1) is 35.5. The lowest BCUT2D eigenvalue weighted by atomic mass is 9.65. The van der Waals surface area contributed by atoms with Crippen LogP contribution in [0.2, 0.25) is 0 Å². The Morgan fingerprint density at radius 3 is 2.06 bits per heavy atom. The molecule has 3 aliphatic rings. The predicted molar refractivity (Wildman–Crippen MR) is 190 cm³/mol. The van der Waals surface area contributed by atoms with Gasteiger partial charge in [-0.05, 0) is 82.4 Å². The summed E-state index contributed by atoms with van der Waals surface area (Å²) in [7, 11) is 5.91. The number of ether oxygens (including phenoxy) is 7. The molecule has 4 atom stereocenters. The molecule has 0 bridgehead atoms. The first-order valence-electron chi connectivity index (χ1n) is 16.9. The number of cyclic esters (lactones) is 1. The number of aromatic hydroxyl groups is 1. The highest BCUT2D eigenvalue weighted by Gasteiger charge is 2.53. The number of amides is 1. The van der Waals surface area contributed by atoms with E-state index in [1.165, 1.54) is 40.6 Å². The fourth-order valence-electron chi connectivity index (χ4n) is 7.66. The van der Waals surface area contributed by atoms with Gasteiger partial charge in [0.25, 0.3) is 5.91 Å². The Morgan fingerprint density at radius 1 is 0.811 bits per heavy atom. The van der Waals surface area contributed by atoms with Crippen LogP contribution in [-0.4, -0.2) is 69.0 Å². The number of carbonyl (C=O) groups is 2. The van der Waals surface area contributed by atoms with Crippen LogP contribution in [0, 0.1) is 11.8 Å². The number of hydrogen-bond acceptors (Lipinski definition) is 12. The topological polar surface area (TPSA) is 171 Å². The molecule has 1 saturated heterocycles. The SMILES string of the molecule is COc1cc(C(=Cc2ccc(O)cc2)C(=O)N[C@@H]2c3cc4c(cc3[C@@H](c3cc(CO)c(OC)c(OC)c3)[C@H]3C(=O)OC[C@@H]32)OCO4)cc(CO)c1OC. The van der Waals surface area contributed by atoms with Gasteiger partial charge < -0.3 is 53.8 Å². The number of phenols is 1. The smallest absolute Gasteiger partial charge is 0.310 e. The van der Waals surface area contributed by atoms with Crippen molar-refractivity contribution in [3.05, 3.63) is 99.6 Å². The molecule has 1 aliphatic carbocycles. The standard InChI is InChI=1S/C40H39NO12/c1-47-32-12-21(10-23(16-42)37(32)49-3)26(9-20-5-7-25(44)8-6-20)39(45)41-36-28-15-31-30(52-19-53-31)14-27(28)34(35-29(36)18-51-40(35)46)22-11-24(17-43)38(50-4)33(13-22)48-2/h5-15,29,34-36,42-44H,16-19H2,1-4H3,(H,41,45)/t29-,34+,35-,36+/m0/s1. The lowest BCUT2D eigenvalue weighted by Crippen LogP contribution is -2.43. The number of aliphatic hydroxyl groups excluding tert-OH is 2. The zero-order valence-electron chi connectivity index (χ0n) is 29.5. The summed E-state index contributed by atoms with van der Waals surface area (Å²) in [6.07, 6.45) is 1.66. The minimum atomic E-state index is -0.746. The van der Waals surface area contributed by atoms with E-state index in [9.17, 15) is 24.9 Å². The van der Waals surface area contributed by atoms with Crippen molar-refractivity contribution in [2.45, 2.75) is 25.2 Å². The Morgan fingerprint density at radius 2 is 1.43 bits per heavy atom. The second-order valence-corrected chi connectivity index (χ2v) is 12.8. The van der Waals surface area contributed by atoms with Gasteiger partial charge in [0.2, 0.25) is 6.79 Å². The number of aliphatic hydroxyl groups is 2. The molecule has 2 aliphatic heterocycles. The van der Waals surface area contributed by atoms with Crippen molar-refractivity contribution >= 4 is 23.5 Å². The first-order valence-corrected chi connectivity index (χ1v) is 16.9. The fraction of sp³-hybridized carbons (Fsp3) is 0.300. The summed E-state index contributed by atoms with van der Waals surface area (Å²) in [5.41, 5.74) is 4.21. The van der Waals surface area contributed by atoms with E-state index >= 15 is 0 Å². The number of esters is 1. The molecule has 13 heteroatoms. The maximum atomic E-state index is 14.7. The normalized spacial score (nSPS) is 19.9. The molecule has 276 valence electrons. The van der Waals surface area contributed by atoms with Crippen LogP contribution in [-0.2, 0) is 27.5 Å². The van der Waals surface area contributed by atoms with Crippen LogP contribution < -0.4 is 33.7 Å². The average molecular weight is 726 g/mol. The third kappa shape index (κ3) is 6.31. The van der Waals surface area contributed by atoms with E-state index in [4.69, 9.17) is 33.2 Å². The summed E-state index contributed by atoms with van der Waals surface area (Å²) in [5, 5.41) is 33.7. The molecular formula is C40H39NO12. The summed E-state index contributed by atoms with van der Waals surface area (Å²) >= 11 is 0. The monoisotopic (exact) mass is 725 g/mol. The van der Waals surface area contributed by atoms with Crippen LogP contribution in [0.3, 0.4) is 0 Å². The molecule has 4 aromatic rings. The first-order chi connectivity index (χ1) is 25.7. The molecule has 0 unspecified atom stereocenters. The van der Waals surface area contributed by atoms with Gasteiger partial charge in [-0.2, -0.15) is 0 Å². The number of methoxy groups -OCH3 is 4. The predicted octanol–water partition coefficient (Wildman–Crippen LogP) is 4.47. The molecule has 0 saturated carbocycles. The van der Waals surface area contributed by atoms with Gasteiger partial charge in [0.1, 0.15) is 5.75 Å². The van der Waals surface area contributed by atoms with E-state index < -0.39 is 35.7 Å². The van der Waals surface area contributed by atoms with Gasteiger partial charge in [-0.1, -0.05) is 12.1 Å². The van der Waals surface area contributed by atoms with E-state index in [2.05, 4.69) is 5.32 Å². The molecule has 53 heavy (non-hydrogen) atoms. The van der Waals surface area contributed by atoms with E-state index in [0.29, 0.717) is 73.4 Å². The van der Waals surface area contributed by atoms with Crippen LogP contribution in [0.25, 0.3) is 11.6 Å². The molecule has 4 aromatic carbocycles. The van der Waals surface area contributed by atoms with E-state index in [-0.39, 0.29) is 37.9 Å². The van der Waals surface area contributed by atoms with Gasteiger partial charge in [-0.3, -0.25) is 9.59 Å². The van der Waals surface area contributed by atoms with Crippen molar-refractivity contribution in [1.29, 1.82) is 0 Å². The number of hydrogen-bond donors (Lipinski definition) is 4. The zero-order valence-corrected chi connectivity index (χ0v) is 29.5. The number of nitrogens with one attached hydrogen (secondary N) is 1. The van der Waals surface area contributed by atoms with Crippen LogP contribution >= 0.6 is 0 Å². The Bertz CT molecular complexity index is 2040. The van der Waals surface area contributed by atoms with Crippen LogP contribution in [0.1, 0.15) is 50.9 Å². The highest BCUT2D eigenvalue weighted by Crippen LogP contribution is 2.55. The van der Waals surface area contributed by atoms with Gasteiger partial charge >= 0.3 is 5.97 Å². The maximum absolute atomic E-state index is 14.7. The molecule has 13 nitrogen and oxygen atoms in total. The quantitative estimate of drug-likeness (QED) is 0.0973. The Labute approximate surface area is 305 Å². The second kappa shape index (κ2) is 14.6. The van der Waals surface area contributed by atoms with E-state index in [1.54, 1.807) is 42.5 Å². The zero-order chi connectivity index (χ0) is 37.4. The third-order valence-electron chi connectivity index (χ3n) is 10.1. The molecular weight excluding hydrogens is 686 g/mol. The molecule has 7 rings (SSSR count). The van der Waals surface area contributed by atoms with Crippen LogP contribution in [0.15, 0.2) is 60.7 Å². The van der Waals surface area contributed by atoms with E-state index in [0.717, 1.165) is 0 Å². The molecule has 1 amide bonds. The fourth-order valence-corrected chi connectivity index (χ4v) is 7.66. The van der Waals surface area contributed by atoms with Crippen molar-refractivity contribution in [1.82, 2.24) is 5.32 Å². The molecule has 0 aromatic heterocycles. The summed E-state index contributed by atoms with van der Waals surface area (Å²) < 4.78 is 39.6. The number of rotatable bonds is 11.